The Morgan fingerprint density at radius 3 is 0.340 bits per heavy atom. The van der Waals surface area contributed by atoms with Gasteiger partial charge in [0.2, 0.25) is 6.17 Å². The van der Waals surface area contributed by atoms with Gasteiger partial charge in [0.15, 0.2) is 0 Å². The molecule has 33 heteroatoms. The Hall–Kier alpha value is -2.31. The summed E-state index contributed by atoms with van der Waals surface area (Å²) < 4.78 is 453. The van der Waals surface area contributed by atoms with Crippen molar-refractivity contribution in [3.8, 4) is 0 Å². The molecule has 0 aromatic rings. The molecule has 0 heterocycles. The molecule has 1 aliphatic rings. The molecular formula is C17HF33. The van der Waals surface area contributed by atoms with Crippen LogP contribution in [0.3, 0.4) is 0 Å². The van der Waals surface area contributed by atoms with Gasteiger partial charge in [-0.1, -0.05) is 0 Å². The van der Waals surface area contributed by atoms with Crippen LogP contribution in [0.5, 0.6) is 0 Å². The zero-order valence-electron chi connectivity index (χ0n) is 21.1. The zero-order chi connectivity index (χ0) is 41.6. The summed E-state index contributed by atoms with van der Waals surface area (Å²) in [6, 6.07) is 0. The summed E-state index contributed by atoms with van der Waals surface area (Å²) in [7, 11) is 0. The fourth-order valence-electron chi connectivity index (χ4n) is 3.33. The van der Waals surface area contributed by atoms with Crippen LogP contribution >= 0.6 is 0 Å². The molecule has 0 amide bonds. The van der Waals surface area contributed by atoms with Crippen LogP contribution in [0.4, 0.5) is 145 Å². The average Bonchev–Trinajstić information content (AvgIpc) is 2.90. The topological polar surface area (TPSA) is 0 Å². The molecule has 50 heavy (non-hydrogen) atoms. The average molecular weight is 832 g/mol. The highest BCUT2D eigenvalue weighted by atomic mass is 19.4. The summed E-state index contributed by atoms with van der Waals surface area (Å²) in [5, 5.41) is 0. The molecule has 1 saturated carbocycles. The number of hydrogen-bond donors (Lipinski definition) is 0. The molecule has 0 radical (unpaired) electrons. The van der Waals surface area contributed by atoms with Gasteiger partial charge in [-0.3, -0.25) is 0 Å². The van der Waals surface area contributed by atoms with Crippen LogP contribution in [0.2, 0.25) is 0 Å². The van der Waals surface area contributed by atoms with Crippen molar-refractivity contribution in [3.63, 3.8) is 0 Å². The molecule has 0 N–H and O–H groups in total. The maximum Gasteiger partial charge on any atom is 0.385 e. The molecule has 1 fully saturated rings. The van der Waals surface area contributed by atoms with Crippen LogP contribution in [0.15, 0.2) is 0 Å². The van der Waals surface area contributed by atoms with E-state index in [2.05, 4.69) is 0 Å². The van der Waals surface area contributed by atoms with Gasteiger partial charge >= 0.3 is 94.8 Å². The Morgan fingerprint density at radius 1 is 0.160 bits per heavy atom. The van der Waals surface area contributed by atoms with E-state index in [1.165, 1.54) is 0 Å². The Morgan fingerprint density at radius 2 is 0.240 bits per heavy atom. The maximum absolute atomic E-state index is 13.7. The van der Waals surface area contributed by atoms with E-state index in [4.69, 9.17) is 0 Å². The molecule has 0 atom stereocenters. The third-order valence-corrected chi connectivity index (χ3v) is 6.60. The molecule has 0 spiro atoms. The van der Waals surface area contributed by atoms with Crippen molar-refractivity contribution >= 4 is 0 Å². The predicted octanol–water partition coefficient (Wildman–Crippen LogP) is 10.5. The highest BCUT2D eigenvalue weighted by Crippen LogP contribution is 2.71. The van der Waals surface area contributed by atoms with Gasteiger partial charge in [0, 0.05) is 0 Å². The Bertz CT molecular complexity index is 1200. The van der Waals surface area contributed by atoms with E-state index < -0.39 is 101 Å². The van der Waals surface area contributed by atoms with Crippen molar-refractivity contribution in [1.82, 2.24) is 0 Å². The number of alkyl halides is 33. The van der Waals surface area contributed by atoms with Crippen LogP contribution in [-0.2, 0) is 0 Å². The van der Waals surface area contributed by atoms with Crippen molar-refractivity contribution in [1.29, 1.82) is 0 Å². The molecule has 300 valence electrons. The largest absolute Gasteiger partial charge is 0.385 e. The molecule has 0 aliphatic heterocycles. The van der Waals surface area contributed by atoms with E-state index in [1.54, 1.807) is 0 Å². The van der Waals surface area contributed by atoms with E-state index >= 15 is 0 Å². The van der Waals surface area contributed by atoms with Crippen molar-refractivity contribution in [3.05, 3.63) is 0 Å². The molecular weight excluding hydrogens is 831 g/mol. The zero-order valence-corrected chi connectivity index (χ0v) is 21.1. The smallest absolute Gasteiger partial charge is 0.234 e. The number of rotatable bonds is 0. The number of hydrogen-bond acceptors (Lipinski definition) is 0. The van der Waals surface area contributed by atoms with Crippen LogP contribution in [0.25, 0.3) is 0 Å². The lowest BCUT2D eigenvalue weighted by molar-refractivity contribution is -0.487. The second-order valence-electron chi connectivity index (χ2n) is 9.65. The lowest BCUT2D eigenvalue weighted by Crippen LogP contribution is -2.79. The third-order valence-electron chi connectivity index (χ3n) is 6.60. The van der Waals surface area contributed by atoms with Crippen LogP contribution in [-0.4, -0.2) is 101 Å². The Balaban J connectivity index is 4.82. The molecule has 0 aromatic heterocycles. The first-order valence-corrected chi connectivity index (χ1v) is 10.6. The predicted molar refractivity (Wildman–Crippen MR) is 84.0 cm³/mol. The van der Waals surface area contributed by atoms with Gasteiger partial charge in [-0.15, -0.1) is 0 Å². The first-order chi connectivity index (χ1) is 20.9. The van der Waals surface area contributed by atoms with Crippen molar-refractivity contribution in [2.45, 2.75) is 101 Å². The van der Waals surface area contributed by atoms with Gasteiger partial charge in [0.25, 0.3) is 0 Å². The minimum absolute atomic E-state index is 8.24. The Labute approximate surface area is 247 Å². The molecule has 1 aliphatic carbocycles. The molecule has 0 bridgehead atoms. The SMILES string of the molecule is FC1C(F)(F)C(F)(F)C(F)(F)C(F)(F)C(F)(F)C(F)(F)C(F)(F)C(F)(F)C(F)(F)C(F)(F)C(F)(F)C(F)(F)C(F)(F)C(F)(F)C(F)(F)C1(F)F. The van der Waals surface area contributed by atoms with Gasteiger partial charge in [-0.05, 0) is 0 Å². The second kappa shape index (κ2) is 10.4. The van der Waals surface area contributed by atoms with Crippen LogP contribution in [0.1, 0.15) is 0 Å². The summed E-state index contributed by atoms with van der Waals surface area (Å²) in [4.78, 5) is 0. The highest BCUT2D eigenvalue weighted by Gasteiger charge is 3.03. The monoisotopic (exact) mass is 832 g/mol. The van der Waals surface area contributed by atoms with Gasteiger partial charge < -0.3 is 0 Å². The van der Waals surface area contributed by atoms with Gasteiger partial charge in [-0.25, -0.2) is 4.39 Å². The van der Waals surface area contributed by atoms with E-state index in [-0.39, 0.29) is 0 Å². The highest BCUT2D eigenvalue weighted by molar-refractivity contribution is 5.24. The van der Waals surface area contributed by atoms with Crippen molar-refractivity contribution in [2.24, 2.45) is 0 Å². The summed E-state index contributed by atoms with van der Waals surface area (Å²) in [6.45, 7) is 0. The first-order valence-electron chi connectivity index (χ1n) is 10.6. The second-order valence-corrected chi connectivity index (χ2v) is 9.65. The van der Waals surface area contributed by atoms with Crippen LogP contribution < -0.4 is 0 Å². The lowest BCUT2D eigenvalue weighted by Gasteiger charge is -2.46. The van der Waals surface area contributed by atoms with E-state index in [9.17, 15) is 145 Å². The normalized spacial score (nSPS) is 33.8. The van der Waals surface area contributed by atoms with Gasteiger partial charge in [0.05, 0.1) is 0 Å². The fraction of sp³-hybridized carbons (Fsp3) is 1.00. The third kappa shape index (κ3) is 4.36. The summed E-state index contributed by atoms with van der Waals surface area (Å²) in [6.07, 6.45) is -8.24. The Kier molecular flexibility index (Phi) is 9.53. The van der Waals surface area contributed by atoms with E-state index in [0.29, 0.717) is 0 Å². The first kappa shape index (κ1) is 45.7. The van der Waals surface area contributed by atoms with E-state index in [1.807, 2.05) is 0 Å². The molecule has 0 saturated heterocycles. The van der Waals surface area contributed by atoms with Crippen LogP contribution in [0, 0.1) is 0 Å². The lowest BCUT2D eigenvalue weighted by atomic mass is 9.83. The maximum atomic E-state index is 13.7. The standard InChI is InChI=1S/C17HF33/c18-1-2(19,20)4(23,24)6(27,28)8(31,32)10(35,36)12(39,40)14(43,44)16(47,48)17(49,50)15(45,46)13(41,42)11(37,38)9(33,34)7(29,30)5(25,26)3(1,21)22/h1H. The minimum atomic E-state index is -10.2. The van der Waals surface area contributed by atoms with Crippen molar-refractivity contribution < 1.29 is 145 Å². The molecule has 0 nitrogen and oxygen atoms in total. The molecule has 1 rings (SSSR count). The number of halogens is 33. The minimum Gasteiger partial charge on any atom is -0.234 e. The fourth-order valence-corrected chi connectivity index (χ4v) is 3.33. The summed E-state index contributed by atoms with van der Waals surface area (Å²) in [5.74, 6) is -160. The van der Waals surface area contributed by atoms with Gasteiger partial charge in [0.1, 0.15) is 0 Å². The van der Waals surface area contributed by atoms with Gasteiger partial charge in [-0.2, -0.15) is 140 Å². The quantitative estimate of drug-likeness (QED) is 0.213. The summed E-state index contributed by atoms with van der Waals surface area (Å²) >= 11 is 0. The summed E-state index contributed by atoms with van der Waals surface area (Å²) in [5.41, 5.74) is 0. The molecule has 0 unspecified atom stereocenters. The van der Waals surface area contributed by atoms with Crippen molar-refractivity contribution in [2.75, 3.05) is 0 Å². The van der Waals surface area contributed by atoms with E-state index in [0.717, 1.165) is 0 Å². The molecule has 0 aromatic carbocycles.